The van der Waals surface area contributed by atoms with Gasteiger partial charge in [0.1, 0.15) is 11.4 Å². The second kappa shape index (κ2) is 6.57. The van der Waals surface area contributed by atoms with Crippen LogP contribution in [0.2, 0.25) is 0 Å². The number of aliphatic hydroxyl groups is 1. The van der Waals surface area contributed by atoms with Crippen LogP contribution in [0.5, 0.6) is 5.75 Å². The van der Waals surface area contributed by atoms with Crippen LogP contribution in [0.4, 0.5) is 0 Å². The van der Waals surface area contributed by atoms with E-state index >= 15 is 0 Å². The van der Waals surface area contributed by atoms with Gasteiger partial charge in [0.2, 0.25) is 0 Å². The summed E-state index contributed by atoms with van der Waals surface area (Å²) in [5.74, 6) is 0.220. The summed E-state index contributed by atoms with van der Waals surface area (Å²) >= 11 is 0. The summed E-state index contributed by atoms with van der Waals surface area (Å²) in [6.07, 6.45) is -0.118. The molecule has 0 radical (unpaired) electrons. The quantitative estimate of drug-likeness (QED) is 0.831. The van der Waals surface area contributed by atoms with Crippen molar-refractivity contribution < 1.29 is 19.4 Å². The highest BCUT2D eigenvalue weighted by Crippen LogP contribution is 2.15. The Kier molecular flexibility index (Phi) is 5.36. The fourth-order valence-corrected chi connectivity index (χ4v) is 1.58. The average Bonchev–Trinajstić information content (AvgIpc) is 2.34. The third-order valence-corrected chi connectivity index (χ3v) is 2.54. The average molecular weight is 266 g/mol. The number of carbonyl (C=O) groups is 1. The summed E-state index contributed by atoms with van der Waals surface area (Å²) in [5.41, 5.74) is 0.474. The van der Waals surface area contributed by atoms with Crippen molar-refractivity contribution in [3.05, 3.63) is 29.8 Å². The van der Waals surface area contributed by atoms with Gasteiger partial charge in [-0.05, 0) is 51.3 Å². The Morgan fingerprint density at radius 1 is 1.26 bits per heavy atom. The molecular weight excluding hydrogens is 244 g/mol. The highest BCUT2D eigenvalue weighted by atomic mass is 16.6. The molecule has 1 atom stereocenters. The molecule has 4 heteroatoms. The minimum atomic E-state index is -1.08. The Hall–Kier alpha value is -1.55. The molecule has 1 rings (SSSR count). The zero-order valence-electron chi connectivity index (χ0n) is 12.0. The second-order valence-electron chi connectivity index (χ2n) is 5.44. The van der Waals surface area contributed by atoms with Crippen molar-refractivity contribution >= 4 is 5.97 Å². The van der Waals surface area contributed by atoms with Crippen LogP contribution in [-0.2, 0) is 16.0 Å². The normalized spacial score (nSPS) is 12.9. The number of benzene rings is 1. The molecule has 0 bridgehead atoms. The lowest BCUT2D eigenvalue weighted by Crippen LogP contribution is -2.32. The lowest BCUT2D eigenvalue weighted by atomic mass is 10.1. The molecule has 0 saturated carbocycles. The van der Waals surface area contributed by atoms with E-state index in [1.54, 1.807) is 27.9 Å². The maximum Gasteiger partial charge on any atom is 0.335 e. The van der Waals surface area contributed by atoms with Crippen LogP contribution in [0.3, 0.4) is 0 Å². The Morgan fingerprint density at radius 3 is 2.32 bits per heavy atom. The zero-order chi connectivity index (χ0) is 14.5. The largest absolute Gasteiger partial charge is 0.497 e. The summed E-state index contributed by atoms with van der Waals surface area (Å²) in [4.78, 5) is 11.6. The van der Waals surface area contributed by atoms with Gasteiger partial charge in [0.05, 0.1) is 7.11 Å². The van der Waals surface area contributed by atoms with E-state index in [0.717, 1.165) is 11.3 Å². The maximum absolute atomic E-state index is 11.6. The third-order valence-electron chi connectivity index (χ3n) is 2.54. The Morgan fingerprint density at radius 2 is 1.84 bits per heavy atom. The molecule has 0 heterocycles. The van der Waals surface area contributed by atoms with E-state index in [-0.39, 0.29) is 0 Å². The summed E-state index contributed by atoms with van der Waals surface area (Å²) < 4.78 is 10.2. The molecule has 0 aliphatic heterocycles. The van der Waals surface area contributed by atoms with Gasteiger partial charge in [-0.25, -0.2) is 4.79 Å². The summed E-state index contributed by atoms with van der Waals surface area (Å²) in [6, 6.07) is 7.55. The highest BCUT2D eigenvalue weighted by molar-refractivity contribution is 5.74. The van der Waals surface area contributed by atoms with Gasteiger partial charge in [-0.3, -0.25) is 0 Å². The summed E-state index contributed by atoms with van der Waals surface area (Å²) in [7, 11) is 1.61. The number of methoxy groups -OCH3 is 1. The van der Waals surface area contributed by atoms with Gasteiger partial charge in [-0.1, -0.05) is 12.1 Å². The topological polar surface area (TPSA) is 55.8 Å². The standard InChI is InChI=1S/C15H22O4/c1-15(2,3)19-14(17)13(16)10-7-11-5-8-12(18-4)9-6-11/h5-6,8-9,13,16H,7,10H2,1-4H3. The molecule has 0 fully saturated rings. The van der Waals surface area contributed by atoms with E-state index in [0.29, 0.717) is 12.8 Å². The van der Waals surface area contributed by atoms with Gasteiger partial charge in [0.25, 0.3) is 0 Å². The number of aryl methyl sites for hydroxylation is 1. The zero-order valence-corrected chi connectivity index (χ0v) is 12.0. The first-order valence-corrected chi connectivity index (χ1v) is 6.35. The Labute approximate surface area is 114 Å². The van der Waals surface area contributed by atoms with E-state index in [1.165, 1.54) is 0 Å². The molecule has 0 aliphatic rings. The number of hydrogen-bond acceptors (Lipinski definition) is 4. The van der Waals surface area contributed by atoms with Crippen LogP contribution in [0.1, 0.15) is 32.8 Å². The predicted octanol–water partition coefficient (Wildman–Crippen LogP) is 2.33. The van der Waals surface area contributed by atoms with E-state index in [1.807, 2.05) is 24.3 Å². The van der Waals surface area contributed by atoms with E-state index in [2.05, 4.69) is 0 Å². The van der Waals surface area contributed by atoms with Crippen LogP contribution >= 0.6 is 0 Å². The van der Waals surface area contributed by atoms with Crippen molar-refractivity contribution in [1.29, 1.82) is 0 Å². The molecule has 0 aromatic heterocycles. The molecule has 4 nitrogen and oxygen atoms in total. The molecule has 1 aromatic rings. The van der Waals surface area contributed by atoms with Crippen LogP contribution in [0.15, 0.2) is 24.3 Å². The third kappa shape index (κ3) is 5.75. The van der Waals surface area contributed by atoms with Gasteiger partial charge in [0, 0.05) is 0 Å². The first kappa shape index (κ1) is 15.5. The van der Waals surface area contributed by atoms with Gasteiger partial charge in [-0.2, -0.15) is 0 Å². The van der Waals surface area contributed by atoms with E-state index in [4.69, 9.17) is 9.47 Å². The Balaban J connectivity index is 2.44. The number of esters is 1. The molecule has 19 heavy (non-hydrogen) atoms. The van der Waals surface area contributed by atoms with Crippen LogP contribution in [0, 0.1) is 0 Å². The number of aliphatic hydroxyl groups excluding tert-OH is 1. The van der Waals surface area contributed by atoms with E-state index in [9.17, 15) is 9.90 Å². The highest BCUT2D eigenvalue weighted by Gasteiger charge is 2.22. The van der Waals surface area contributed by atoms with Crippen LogP contribution < -0.4 is 4.74 Å². The van der Waals surface area contributed by atoms with Crippen molar-refractivity contribution in [3.8, 4) is 5.75 Å². The van der Waals surface area contributed by atoms with Crippen LogP contribution in [-0.4, -0.2) is 29.9 Å². The lowest BCUT2D eigenvalue weighted by molar-refractivity contribution is -0.165. The monoisotopic (exact) mass is 266 g/mol. The molecule has 106 valence electrons. The maximum atomic E-state index is 11.6. The fourth-order valence-electron chi connectivity index (χ4n) is 1.58. The summed E-state index contributed by atoms with van der Waals surface area (Å²) in [6.45, 7) is 5.34. The predicted molar refractivity (Wildman–Crippen MR) is 73.2 cm³/mol. The molecule has 0 spiro atoms. The number of hydrogen-bond donors (Lipinski definition) is 1. The molecule has 1 aromatic carbocycles. The smallest absolute Gasteiger partial charge is 0.335 e. The molecule has 0 aliphatic carbocycles. The minimum absolute atomic E-state index is 0.348. The first-order valence-electron chi connectivity index (χ1n) is 6.35. The van der Waals surface area contributed by atoms with Crippen molar-refractivity contribution in [1.82, 2.24) is 0 Å². The fraction of sp³-hybridized carbons (Fsp3) is 0.533. The second-order valence-corrected chi connectivity index (χ2v) is 5.44. The molecular formula is C15H22O4. The van der Waals surface area contributed by atoms with E-state index < -0.39 is 17.7 Å². The van der Waals surface area contributed by atoms with Gasteiger partial charge in [-0.15, -0.1) is 0 Å². The Bertz CT molecular complexity index is 403. The first-order chi connectivity index (χ1) is 8.81. The SMILES string of the molecule is COc1ccc(CCC(O)C(=O)OC(C)(C)C)cc1. The number of rotatable bonds is 5. The van der Waals surface area contributed by atoms with Gasteiger partial charge < -0.3 is 14.6 Å². The van der Waals surface area contributed by atoms with Crippen molar-refractivity contribution in [2.24, 2.45) is 0 Å². The van der Waals surface area contributed by atoms with Crippen molar-refractivity contribution in [3.63, 3.8) is 0 Å². The van der Waals surface area contributed by atoms with Gasteiger partial charge >= 0.3 is 5.97 Å². The molecule has 1 unspecified atom stereocenters. The van der Waals surface area contributed by atoms with Gasteiger partial charge in [0.15, 0.2) is 6.10 Å². The number of carbonyl (C=O) groups excluding carboxylic acids is 1. The molecule has 0 saturated heterocycles. The minimum Gasteiger partial charge on any atom is -0.497 e. The summed E-state index contributed by atoms with van der Waals surface area (Å²) in [5, 5.41) is 9.74. The molecule has 0 amide bonds. The van der Waals surface area contributed by atoms with Crippen molar-refractivity contribution in [2.45, 2.75) is 45.3 Å². The van der Waals surface area contributed by atoms with Crippen molar-refractivity contribution in [2.75, 3.05) is 7.11 Å². The lowest BCUT2D eigenvalue weighted by Gasteiger charge is -2.21. The molecule has 1 N–H and O–H groups in total. The number of ether oxygens (including phenoxy) is 2. The van der Waals surface area contributed by atoms with Crippen LogP contribution in [0.25, 0.3) is 0 Å².